The van der Waals surface area contributed by atoms with Crippen molar-refractivity contribution in [1.82, 2.24) is 10.2 Å². The van der Waals surface area contributed by atoms with Gasteiger partial charge in [0.2, 0.25) is 0 Å². The van der Waals surface area contributed by atoms with Crippen LogP contribution in [0.25, 0.3) is 0 Å². The van der Waals surface area contributed by atoms with Crippen LogP contribution in [-0.2, 0) is 9.53 Å². The first-order valence-corrected chi connectivity index (χ1v) is 5.75. The van der Waals surface area contributed by atoms with Crippen LogP contribution in [0.15, 0.2) is 0 Å². The van der Waals surface area contributed by atoms with Crippen LogP contribution in [0.3, 0.4) is 0 Å². The second kappa shape index (κ2) is 6.18. The minimum Gasteiger partial charge on any atom is -0.479 e. The zero-order valence-corrected chi connectivity index (χ0v) is 10.3. The topological polar surface area (TPSA) is 61.8 Å². The average Bonchev–Trinajstić information content (AvgIpc) is 2.61. The predicted octanol–water partition coefficient (Wildman–Crippen LogP) is 0.158. The number of carboxylic acid groups (broad SMARTS) is 1. The molecule has 0 aliphatic carbocycles. The molecule has 0 bridgehead atoms. The second-order valence-electron chi connectivity index (χ2n) is 4.73. The van der Waals surface area contributed by atoms with Crippen molar-refractivity contribution in [3.8, 4) is 0 Å². The number of aliphatic carboxylic acids is 1. The molecule has 1 saturated heterocycles. The van der Waals surface area contributed by atoms with E-state index in [1.54, 1.807) is 0 Å². The Morgan fingerprint density at radius 1 is 1.56 bits per heavy atom. The summed E-state index contributed by atoms with van der Waals surface area (Å²) in [5, 5.41) is 12.1. The number of ether oxygens (including phenoxy) is 1. The molecule has 3 unspecified atom stereocenters. The van der Waals surface area contributed by atoms with E-state index >= 15 is 0 Å². The zero-order chi connectivity index (χ0) is 12.1. The van der Waals surface area contributed by atoms with E-state index in [9.17, 15) is 4.79 Å². The lowest BCUT2D eigenvalue weighted by Gasteiger charge is -2.20. The van der Waals surface area contributed by atoms with E-state index in [-0.39, 0.29) is 6.10 Å². The van der Waals surface area contributed by atoms with Gasteiger partial charge in [0.15, 0.2) is 6.10 Å². The van der Waals surface area contributed by atoms with Gasteiger partial charge in [0.05, 0.1) is 6.10 Å². The normalized spacial score (nSPS) is 27.2. The third-order valence-electron chi connectivity index (χ3n) is 2.72. The van der Waals surface area contributed by atoms with Crippen LogP contribution in [0.1, 0.15) is 19.8 Å². The van der Waals surface area contributed by atoms with E-state index in [4.69, 9.17) is 9.84 Å². The standard InChI is InChI=1S/C11H22N2O3/c1-8(7-13(2)3)12-6-9-4-5-10(16-9)11(14)15/h8-10,12H,4-7H2,1-3H3,(H,14,15). The van der Waals surface area contributed by atoms with Crippen molar-refractivity contribution in [3.05, 3.63) is 0 Å². The fourth-order valence-electron chi connectivity index (χ4n) is 1.98. The molecule has 1 aliphatic rings. The summed E-state index contributed by atoms with van der Waals surface area (Å²) in [4.78, 5) is 12.8. The van der Waals surface area contributed by atoms with Gasteiger partial charge in [-0.1, -0.05) is 0 Å². The first-order chi connectivity index (χ1) is 7.49. The van der Waals surface area contributed by atoms with Crippen LogP contribution in [0.4, 0.5) is 0 Å². The highest BCUT2D eigenvalue weighted by Crippen LogP contribution is 2.19. The molecule has 1 aliphatic heterocycles. The van der Waals surface area contributed by atoms with E-state index < -0.39 is 12.1 Å². The maximum absolute atomic E-state index is 10.7. The minimum atomic E-state index is -0.844. The monoisotopic (exact) mass is 230 g/mol. The maximum atomic E-state index is 10.7. The Labute approximate surface area is 96.8 Å². The maximum Gasteiger partial charge on any atom is 0.332 e. The molecule has 0 radical (unpaired) electrons. The lowest BCUT2D eigenvalue weighted by molar-refractivity contribution is -0.149. The van der Waals surface area contributed by atoms with Gasteiger partial charge in [-0.25, -0.2) is 4.79 Å². The van der Waals surface area contributed by atoms with Gasteiger partial charge in [0.1, 0.15) is 0 Å². The van der Waals surface area contributed by atoms with Gasteiger partial charge in [-0.05, 0) is 33.9 Å². The molecule has 1 heterocycles. The first-order valence-electron chi connectivity index (χ1n) is 5.75. The molecule has 1 rings (SSSR count). The molecule has 0 aromatic carbocycles. The quantitative estimate of drug-likeness (QED) is 0.680. The number of carboxylic acids is 1. The summed E-state index contributed by atoms with van der Waals surface area (Å²) in [5.74, 6) is -0.844. The Bertz CT molecular complexity index is 233. The first kappa shape index (κ1) is 13.4. The molecule has 3 atom stereocenters. The fraction of sp³-hybridized carbons (Fsp3) is 0.909. The Hall–Kier alpha value is -0.650. The van der Waals surface area contributed by atoms with Gasteiger partial charge >= 0.3 is 5.97 Å². The van der Waals surface area contributed by atoms with Crippen molar-refractivity contribution in [2.75, 3.05) is 27.2 Å². The van der Waals surface area contributed by atoms with E-state index in [0.717, 1.165) is 19.5 Å². The number of nitrogens with zero attached hydrogens (tertiary/aromatic N) is 1. The van der Waals surface area contributed by atoms with E-state index in [0.29, 0.717) is 12.5 Å². The Kier molecular flexibility index (Phi) is 5.18. The molecular weight excluding hydrogens is 208 g/mol. The van der Waals surface area contributed by atoms with Crippen LogP contribution in [0.5, 0.6) is 0 Å². The van der Waals surface area contributed by atoms with Crippen LogP contribution >= 0.6 is 0 Å². The van der Waals surface area contributed by atoms with E-state index in [1.807, 2.05) is 14.1 Å². The fourth-order valence-corrected chi connectivity index (χ4v) is 1.98. The van der Waals surface area contributed by atoms with Crippen molar-refractivity contribution in [1.29, 1.82) is 0 Å². The molecule has 5 heteroatoms. The molecule has 1 fully saturated rings. The van der Waals surface area contributed by atoms with Gasteiger partial charge in [-0.3, -0.25) is 0 Å². The second-order valence-corrected chi connectivity index (χ2v) is 4.73. The number of rotatable bonds is 6. The zero-order valence-electron chi connectivity index (χ0n) is 10.3. The Morgan fingerprint density at radius 3 is 2.75 bits per heavy atom. The number of likely N-dealkylation sites (N-methyl/N-ethyl adjacent to an activating group) is 1. The molecule has 94 valence electrons. The van der Waals surface area contributed by atoms with Crippen molar-refractivity contribution in [3.63, 3.8) is 0 Å². The summed E-state index contributed by atoms with van der Waals surface area (Å²) in [6.45, 7) is 3.82. The molecular formula is C11H22N2O3. The van der Waals surface area contributed by atoms with Crippen molar-refractivity contribution >= 4 is 5.97 Å². The van der Waals surface area contributed by atoms with Gasteiger partial charge in [0, 0.05) is 19.1 Å². The molecule has 2 N–H and O–H groups in total. The number of hydrogen-bond donors (Lipinski definition) is 2. The van der Waals surface area contributed by atoms with Gasteiger partial charge in [-0.15, -0.1) is 0 Å². The van der Waals surface area contributed by atoms with Gasteiger partial charge in [-0.2, -0.15) is 0 Å². The van der Waals surface area contributed by atoms with Crippen molar-refractivity contribution in [2.24, 2.45) is 0 Å². The molecule has 5 nitrogen and oxygen atoms in total. The van der Waals surface area contributed by atoms with Crippen LogP contribution in [0, 0.1) is 0 Å². The Balaban J connectivity index is 2.17. The largest absolute Gasteiger partial charge is 0.479 e. The van der Waals surface area contributed by atoms with Crippen molar-refractivity contribution in [2.45, 2.75) is 38.0 Å². The lowest BCUT2D eigenvalue weighted by atomic mass is 10.2. The van der Waals surface area contributed by atoms with Gasteiger partial charge in [0.25, 0.3) is 0 Å². The van der Waals surface area contributed by atoms with E-state index in [2.05, 4.69) is 17.1 Å². The van der Waals surface area contributed by atoms with Crippen LogP contribution in [-0.4, -0.2) is 61.4 Å². The molecule has 0 amide bonds. The highest BCUT2D eigenvalue weighted by molar-refractivity contribution is 5.72. The third kappa shape index (κ3) is 4.47. The predicted molar refractivity (Wildman–Crippen MR) is 61.5 cm³/mol. The summed E-state index contributed by atoms with van der Waals surface area (Å²) in [5.41, 5.74) is 0. The smallest absolute Gasteiger partial charge is 0.332 e. The molecule has 0 aromatic heterocycles. The highest BCUT2D eigenvalue weighted by atomic mass is 16.5. The summed E-state index contributed by atoms with van der Waals surface area (Å²) >= 11 is 0. The lowest BCUT2D eigenvalue weighted by Crippen LogP contribution is -2.40. The SMILES string of the molecule is CC(CN(C)C)NCC1CCC(C(=O)O)O1. The molecule has 16 heavy (non-hydrogen) atoms. The average molecular weight is 230 g/mol. The summed E-state index contributed by atoms with van der Waals surface area (Å²) < 4.78 is 5.40. The van der Waals surface area contributed by atoms with Crippen molar-refractivity contribution < 1.29 is 14.6 Å². The molecule has 0 spiro atoms. The summed E-state index contributed by atoms with van der Waals surface area (Å²) in [6, 6.07) is 0.391. The third-order valence-corrected chi connectivity index (χ3v) is 2.72. The van der Waals surface area contributed by atoms with Gasteiger partial charge < -0.3 is 20.1 Å². The van der Waals surface area contributed by atoms with Crippen LogP contribution in [0.2, 0.25) is 0 Å². The molecule has 0 saturated carbocycles. The number of nitrogens with one attached hydrogen (secondary N) is 1. The minimum absolute atomic E-state index is 0.0470. The highest BCUT2D eigenvalue weighted by Gasteiger charge is 2.30. The van der Waals surface area contributed by atoms with Crippen LogP contribution < -0.4 is 5.32 Å². The number of carbonyl (C=O) groups is 1. The number of hydrogen-bond acceptors (Lipinski definition) is 4. The summed E-state index contributed by atoms with van der Waals surface area (Å²) in [7, 11) is 4.06. The molecule has 0 aromatic rings. The Morgan fingerprint density at radius 2 is 2.25 bits per heavy atom. The van der Waals surface area contributed by atoms with E-state index in [1.165, 1.54) is 0 Å². The summed E-state index contributed by atoms with van der Waals surface area (Å²) in [6.07, 6.45) is 0.907.